The fourth-order valence-corrected chi connectivity index (χ4v) is 3.74. The van der Waals surface area contributed by atoms with Crippen molar-refractivity contribution in [3.63, 3.8) is 0 Å². The topological polar surface area (TPSA) is 46.2 Å². The standard InChI is InChI=1S/C22H21F4N3O/c1-12(13-4-3-5-14(20(13)23)21(24)25)29-17-6-7-28-18-9-19(30-2)16(8-15(17)18)22(26)10-27-11-22/h3-9,12,21,27H,10-11H2,1-2H3,(H,28,29)/t12-/m1/s1. The molecule has 1 saturated heterocycles. The minimum Gasteiger partial charge on any atom is -0.496 e. The van der Waals surface area contributed by atoms with Gasteiger partial charge in [0.25, 0.3) is 6.43 Å². The van der Waals surface area contributed by atoms with Crippen LogP contribution in [-0.2, 0) is 5.67 Å². The lowest BCUT2D eigenvalue weighted by atomic mass is 9.88. The van der Waals surface area contributed by atoms with E-state index in [1.165, 1.54) is 19.2 Å². The Kier molecular flexibility index (Phi) is 5.27. The Morgan fingerprint density at radius 1 is 1.17 bits per heavy atom. The Balaban J connectivity index is 1.75. The van der Waals surface area contributed by atoms with Crippen LogP contribution in [0.3, 0.4) is 0 Å². The van der Waals surface area contributed by atoms with Crippen molar-refractivity contribution in [1.29, 1.82) is 0 Å². The number of anilines is 1. The molecule has 0 saturated carbocycles. The minimum atomic E-state index is -2.90. The van der Waals surface area contributed by atoms with Crippen molar-refractivity contribution < 1.29 is 22.3 Å². The van der Waals surface area contributed by atoms with Crippen LogP contribution in [-0.4, -0.2) is 25.2 Å². The van der Waals surface area contributed by atoms with Crippen LogP contribution in [0.2, 0.25) is 0 Å². The highest BCUT2D eigenvalue weighted by molar-refractivity contribution is 5.93. The maximum atomic E-state index is 15.1. The van der Waals surface area contributed by atoms with Crippen LogP contribution >= 0.6 is 0 Å². The summed E-state index contributed by atoms with van der Waals surface area (Å²) in [5.41, 5.74) is -0.484. The molecule has 0 bridgehead atoms. The van der Waals surface area contributed by atoms with E-state index in [1.54, 1.807) is 31.3 Å². The van der Waals surface area contributed by atoms with Gasteiger partial charge in [-0.25, -0.2) is 17.6 Å². The molecule has 1 aliphatic rings. The summed E-state index contributed by atoms with van der Waals surface area (Å²) in [5.74, 6) is -0.531. The zero-order valence-corrected chi connectivity index (χ0v) is 16.5. The number of nitrogens with zero attached hydrogens (tertiary/aromatic N) is 1. The molecule has 158 valence electrons. The molecule has 0 aliphatic carbocycles. The maximum absolute atomic E-state index is 15.1. The van der Waals surface area contributed by atoms with Crippen molar-refractivity contribution >= 4 is 16.6 Å². The molecule has 30 heavy (non-hydrogen) atoms. The highest BCUT2D eigenvalue weighted by Gasteiger charge is 2.41. The molecule has 4 nitrogen and oxygen atoms in total. The predicted octanol–water partition coefficient (Wildman–Crippen LogP) is 5.26. The molecule has 2 heterocycles. The van der Waals surface area contributed by atoms with Gasteiger partial charge < -0.3 is 15.4 Å². The minimum absolute atomic E-state index is 0.122. The average molecular weight is 419 g/mol. The molecule has 2 N–H and O–H groups in total. The van der Waals surface area contributed by atoms with Gasteiger partial charge in [-0.15, -0.1) is 0 Å². The quantitative estimate of drug-likeness (QED) is 0.535. The third kappa shape index (κ3) is 3.45. The van der Waals surface area contributed by atoms with Gasteiger partial charge in [0, 0.05) is 47.6 Å². The van der Waals surface area contributed by atoms with Gasteiger partial charge in [0.2, 0.25) is 0 Å². The van der Waals surface area contributed by atoms with E-state index in [4.69, 9.17) is 4.74 Å². The summed E-state index contributed by atoms with van der Waals surface area (Å²) in [6, 6.07) is 8.37. The SMILES string of the molecule is COc1cc2nccc(N[C@H](C)c3cccc(C(F)F)c3F)c2cc1C1(F)CNC1. The van der Waals surface area contributed by atoms with Gasteiger partial charge in [-0.05, 0) is 19.1 Å². The average Bonchev–Trinajstić information content (AvgIpc) is 2.71. The molecule has 0 unspecified atom stereocenters. The van der Waals surface area contributed by atoms with Gasteiger partial charge in [-0.1, -0.05) is 18.2 Å². The summed E-state index contributed by atoms with van der Waals surface area (Å²) in [7, 11) is 1.48. The number of benzene rings is 2. The third-order valence-corrected chi connectivity index (χ3v) is 5.49. The van der Waals surface area contributed by atoms with E-state index >= 15 is 4.39 Å². The largest absolute Gasteiger partial charge is 0.496 e. The van der Waals surface area contributed by atoms with Crippen LogP contribution in [0.4, 0.5) is 23.2 Å². The fourth-order valence-electron chi connectivity index (χ4n) is 3.74. The highest BCUT2D eigenvalue weighted by Crippen LogP contribution is 2.40. The Hall–Kier alpha value is -2.87. The van der Waals surface area contributed by atoms with Crippen molar-refractivity contribution in [3.8, 4) is 5.75 Å². The third-order valence-electron chi connectivity index (χ3n) is 5.49. The number of pyridine rings is 1. The first-order valence-corrected chi connectivity index (χ1v) is 9.54. The van der Waals surface area contributed by atoms with Crippen molar-refractivity contribution in [3.05, 3.63) is 65.1 Å². The molecular formula is C22H21F4N3O. The first-order valence-electron chi connectivity index (χ1n) is 9.54. The lowest BCUT2D eigenvalue weighted by Crippen LogP contribution is -2.53. The molecule has 1 atom stereocenters. The van der Waals surface area contributed by atoms with E-state index in [-0.39, 0.29) is 18.7 Å². The second-order valence-corrected chi connectivity index (χ2v) is 7.41. The molecule has 8 heteroatoms. The molecule has 3 aromatic rings. The van der Waals surface area contributed by atoms with Gasteiger partial charge >= 0.3 is 0 Å². The van der Waals surface area contributed by atoms with Gasteiger partial charge in [0.1, 0.15) is 11.6 Å². The number of hydrogen-bond donors (Lipinski definition) is 2. The smallest absolute Gasteiger partial charge is 0.266 e. The summed E-state index contributed by atoms with van der Waals surface area (Å²) in [6.07, 6.45) is -1.33. The van der Waals surface area contributed by atoms with Gasteiger partial charge in [0.15, 0.2) is 5.67 Å². The monoisotopic (exact) mass is 419 g/mol. The molecular weight excluding hydrogens is 398 g/mol. The summed E-state index contributed by atoms with van der Waals surface area (Å²) >= 11 is 0. The van der Waals surface area contributed by atoms with Crippen molar-refractivity contribution in [1.82, 2.24) is 10.3 Å². The van der Waals surface area contributed by atoms with E-state index in [0.29, 0.717) is 27.9 Å². The van der Waals surface area contributed by atoms with Crippen LogP contribution in [0.15, 0.2) is 42.6 Å². The second-order valence-electron chi connectivity index (χ2n) is 7.41. The van der Waals surface area contributed by atoms with Crippen molar-refractivity contribution in [2.45, 2.75) is 25.1 Å². The Morgan fingerprint density at radius 2 is 1.90 bits per heavy atom. The number of hydrogen-bond acceptors (Lipinski definition) is 4. The first kappa shape index (κ1) is 20.4. The lowest BCUT2D eigenvalue weighted by Gasteiger charge is -2.36. The number of fused-ring (bicyclic) bond motifs is 1. The Bertz CT molecular complexity index is 1090. The number of ether oxygens (including phenoxy) is 1. The molecule has 1 aliphatic heterocycles. The maximum Gasteiger partial charge on any atom is 0.266 e. The van der Waals surface area contributed by atoms with Gasteiger partial charge in [-0.3, -0.25) is 4.98 Å². The van der Waals surface area contributed by atoms with Crippen LogP contribution in [0.5, 0.6) is 5.75 Å². The number of nitrogens with one attached hydrogen (secondary N) is 2. The molecule has 0 amide bonds. The van der Waals surface area contributed by atoms with Crippen molar-refractivity contribution in [2.75, 3.05) is 25.5 Å². The van der Waals surface area contributed by atoms with E-state index in [1.807, 2.05) is 0 Å². The van der Waals surface area contributed by atoms with Gasteiger partial charge in [-0.2, -0.15) is 0 Å². The van der Waals surface area contributed by atoms with E-state index in [0.717, 1.165) is 6.07 Å². The summed E-state index contributed by atoms with van der Waals surface area (Å²) in [5, 5.41) is 6.71. The van der Waals surface area contributed by atoms with Crippen LogP contribution in [0.1, 0.15) is 36.1 Å². The van der Waals surface area contributed by atoms with E-state index in [9.17, 15) is 13.2 Å². The van der Waals surface area contributed by atoms with Crippen LogP contribution in [0, 0.1) is 5.82 Å². The Labute approximate surface area is 171 Å². The van der Waals surface area contributed by atoms with Crippen molar-refractivity contribution in [2.24, 2.45) is 0 Å². The highest BCUT2D eigenvalue weighted by atomic mass is 19.3. The number of aromatic nitrogens is 1. The molecule has 0 radical (unpaired) electrons. The molecule has 1 aromatic heterocycles. The normalized spacial score (nSPS) is 16.4. The summed E-state index contributed by atoms with van der Waals surface area (Å²) in [4.78, 5) is 4.32. The number of halogens is 4. The number of methoxy groups -OCH3 is 1. The Morgan fingerprint density at radius 3 is 2.53 bits per heavy atom. The van der Waals surface area contributed by atoms with Crippen LogP contribution < -0.4 is 15.4 Å². The zero-order valence-electron chi connectivity index (χ0n) is 16.5. The first-order chi connectivity index (χ1) is 14.3. The van der Waals surface area contributed by atoms with Crippen LogP contribution in [0.25, 0.3) is 10.9 Å². The zero-order chi connectivity index (χ0) is 21.5. The van der Waals surface area contributed by atoms with E-state index < -0.39 is 29.5 Å². The number of alkyl halides is 3. The summed E-state index contributed by atoms with van der Waals surface area (Å²) < 4.78 is 61.2. The summed E-state index contributed by atoms with van der Waals surface area (Å²) in [6.45, 7) is 2.04. The molecule has 0 spiro atoms. The van der Waals surface area contributed by atoms with Gasteiger partial charge in [0.05, 0.1) is 24.2 Å². The van der Waals surface area contributed by atoms with E-state index in [2.05, 4.69) is 15.6 Å². The molecule has 2 aromatic carbocycles. The molecule has 1 fully saturated rings. The lowest BCUT2D eigenvalue weighted by molar-refractivity contribution is 0.0860. The predicted molar refractivity (Wildman–Crippen MR) is 107 cm³/mol. The number of rotatable bonds is 6. The molecule has 4 rings (SSSR count). The second kappa shape index (κ2) is 7.75. The fraction of sp³-hybridized carbons (Fsp3) is 0.318.